The van der Waals surface area contributed by atoms with Crippen LogP contribution in [-0.2, 0) is 13.0 Å². The van der Waals surface area contributed by atoms with Crippen LogP contribution in [0.5, 0.6) is 5.75 Å². The van der Waals surface area contributed by atoms with E-state index in [2.05, 4.69) is 33.5 Å². The number of benzene rings is 1. The molecular weight excluding hydrogens is 318 g/mol. The molecule has 20 heavy (non-hydrogen) atoms. The lowest BCUT2D eigenvalue weighted by Crippen LogP contribution is -2.30. The quantitative estimate of drug-likeness (QED) is 0.917. The molecular formula is C15H18BrN3O. The number of nitrogens with two attached hydrogens (primary N) is 1. The second-order valence-electron chi connectivity index (χ2n) is 5.28. The first-order chi connectivity index (χ1) is 9.60. The molecule has 1 unspecified atom stereocenters. The van der Waals surface area contributed by atoms with Crippen molar-refractivity contribution in [3.8, 4) is 17.0 Å². The summed E-state index contributed by atoms with van der Waals surface area (Å²) in [7, 11) is 1.69. The third kappa shape index (κ3) is 2.25. The van der Waals surface area contributed by atoms with Crippen LogP contribution in [0.1, 0.15) is 17.7 Å². The van der Waals surface area contributed by atoms with Crippen LogP contribution in [0.15, 0.2) is 22.9 Å². The van der Waals surface area contributed by atoms with Crippen LogP contribution in [0.4, 0.5) is 0 Å². The molecule has 0 aliphatic carbocycles. The molecule has 1 aromatic carbocycles. The summed E-state index contributed by atoms with van der Waals surface area (Å²) in [6.45, 7) is 2.99. The lowest BCUT2D eigenvalue weighted by Gasteiger charge is -2.22. The van der Waals surface area contributed by atoms with Crippen LogP contribution in [0.25, 0.3) is 11.3 Å². The maximum Gasteiger partial charge on any atom is 0.177 e. The number of aryl methyl sites for hydroxylation is 1. The molecule has 2 heterocycles. The Bertz CT molecular complexity index is 651. The number of ether oxygens (including phenoxy) is 1. The molecule has 0 radical (unpaired) electrons. The summed E-state index contributed by atoms with van der Waals surface area (Å²) in [6.07, 6.45) is 1.84. The summed E-state index contributed by atoms with van der Waals surface area (Å²) in [5.74, 6) is 0.850. The second kappa shape index (κ2) is 5.22. The van der Waals surface area contributed by atoms with Crippen molar-refractivity contribution >= 4 is 15.9 Å². The van der Waals surface area contributed by atoms with Crippen LogP contribution in [0, 0.1) is 6.92 Å². The molecule has 5 heteroatoms. The zero-order valence-corrected chi connectivity index (χ0v) is 13.3. The maximum absolute atomic E-state index is 6.12. The number of aromatic nitrogens is 2. The van der Waals surface area contributed by atoms with Gasteiger partial charge < -0.3 is 15.0 Å². The van der Waals surface area contributed by atoms with Gasteiger partial charge in [0.2, 0.25) is 0 Å². The first kappa shape index (κ1) is 13.6. The SMILES string of the molecule is COc1ccc(C)cc1-c1nc(Br)n2c1CC(N)CC2. The molecule has 106 valence electrons. The predicted molar refractivity (Wildman–Crippen MR) is 82.9 cm³/mol. The lowest BCUT2D eigenvalue weighted by molar-refractivity contribution is 0.416. The minimum absolute atomic E-state index is 0.209. The van der Waals surface area contributed by atoms with E-state index >= 15 is 0 Å². The van der Waals surface area contributed by atoms with E-state index < -0.39 is 0 Å². The zero-order valence-electron chi connectivity index (χ0n) is 11.7. The summed E-state index contributed by atoms with van der Waals surface area (Å²) in [5, 5.41) is 0. The highest BCUT2D eigenvalue weighted by molar-refractivity contribution is 9.10. The number of imidazole rings is 1. The number of rotatable bonds is 2. The molecule has 2 N–H and O–H groups in total. The van der Waals surface area contributed by atoms with Crippen LogP contribution in [-0.4, -0.2) is 22.7 Å². The molecule has 0 spiro atoms. The Kier molecular flexibility index (Phi) is 3.56. The highest BCUT2D eigenvalue weighted by Crippen LogP contribution is 2.36. The van der Waals surface area contributed by atoms with Crippen molar-refractivity contribution in [1.82, 2.24) is 9.55 Å². The van der Waals surface area contributed by atoms with Gasteiger partial charge in [-0.25, -0.2) is 4.98 Å². The number of fused-ring (bicyclic) bond motifs is 1. The Morgan fingerprint density at radius 3 is 3.00 bits per heavy atom. The Morgan fingerprint density at radius 1 is 1.45 bits per heavy atom. The third-order valence-electron chi connectivity index (χ3n) is 3.82. The molecule has 4 nitrogen and oxygen atoms in total. The standard InChI is InChI=1S/C15H18BrN3O/c1-9-3-4-13(20-2)11(7-9)14-12-8-10(17)5-6-19(12)15(16)18-14/h3-4,7,10H,5-6,8,17H2,1-2H3. The van der Waals surface area contributed by atoms with Crippen LogP contribution in [0.2, 0.25) is 0 Å². The number of nitrogens with zero attached hydrogens (tertiary/aromatic N) is 2. The van der Waals surface area contributed by atoms with Gasteiger partial charge in [0.05, 0.1) is 12.8 Å². The minimum atomic E-state index is 0.209. The zero-order chi connectivity index (χ0) is 14.3. The highest BCUT2D eigenvalue weighted by Gasteiger charge is 2.25. The Labute approximate surface area is 127 Å². The summed E-state index contributed by atoms with van der Waals surface area (Å²) >= 11 is 3.56. The van der Waals surface area contributed by atoms with E-state index in [-0.39, 0.29) is 6.04 Å². The monoisotopic (exact) mass is 335 g/mol. The number of halogens is 1. The van der Waals surface area contributed by atoms with Crippen LogP contribution < -0.4 is 10.5 Å². The predicted octanol–water partition coefficient (Wildman–Crippen LogP) is 2.90. The first-order valence-corrected chi connectivity index (χ1v) is 7.55. The van der Waals surface area contributed by atoms with E-state index in [4.69, 9.17) is 15.5 Å². The van der Waals surface area contributed by atoms with E-state index in [0.717, 1.165) is 41.1 Å². The van der Waals surface area contributed by atoms with E-state index in [1.165, 1.54) is 11.3 Å². The van der Waals surface area contributed by atoms with Crippen LogP contribution in [0.3, 0.4) is 0 Å². The molecule has 0 fully saturated rings. The van der Waals surface area contributed by atoms with Gasteiger partial charge in [-0.15, -0.1) is 0 Å². The van der Waals surface area contributed by atoms with Gasteiger partial charge in [-0.1, -0.05) is 11.6 Å². The number of hydrogen-bond donors (Lipinski definition) is 1. The fourth-order valence-corrected chi connectivity index (χ4v) is 3.33. The molecule has 0 bridgehead atoms. The summed E-state index contributed by atoms with van der Waals surface area (Å²) in [5.41, 5.74) is 10.5. The molecule has 0 saturated carbocycles. The minimum Gasteiger partial charge on any atom is -0.496 e. The fourth-order valence-electron chi connectivity index (χ4n) is 2.76. The highest BCUT2D eigenvalue weighted by atomic mass is 79.9. The van der Waals surface area contributed by atoms with Gasteiger partial charge in [0.15, 0.2) is 4.73 Å². The Hall–Kier alpha value is -1.33. The van der Waals surface area contributed by atoms with Gasteiger partial charge in [-0.2, -0.15) is 0 Å². The van der Waals surface area contributed by atoms with Crippen molar-refractivity contribution < 1.29 is 4.74 Å². The van der Waals surface area contributed by atoms with Crippen molar-refractivity contribution in [1.29, 1.82) is 0 Å². The Morgan fingerprint density at radius 2 is 2.25 bits per heavy atom. The molecule has 1 atom stereocenters. The van der Waals surface area contributed by atoms with Crippen molar-refractivity contribution in [2.45, 2.75) is 32.4 Å². The lowest BCUT2D eigenvalue weighted by atomic mass is 9.99. The first-order valence-electron chi connectivity index (χ1n) is 6.75. The average molecular weight is 336 g/mol. The third-order valence-corrected chi connectivity index (χ3v) is 4.42. The van der Waals surface area contributed by atoms with Crippen molar-refractivity contribution in [2.75, 3.05) is 7.11 Å². The maximum atomic E-state index is 6.12. The van der Waals surface area contributed by atoms with E-state index in [9.17, 15) is 0 Å². The largest absolute Gasteiger partial charge is 0.496 e. The molecule has 1 aromatic heterocycles. The number of methoxy groups -OCH3 is 1. The van der Waals surface area contributed by atoms with Gasteiger partial charge in [0.1, 0.15) is 5.75 Å². The normalized spacial score (nSPS) is 17.9. The summed E-state index contributed by atoms with van der Waals surface area (Å²) in [6, 6.07) is 6.37. The molecule has 3 rings (SSSR count). The molecule has 0 saturated heterocycles. The second-order valence-corrected chi connectivity index (χ2v) is 5.99. The Balaban J connectivity index is 2.18. The fraction of sp³-hybridized carbons (Fsp3) is 0.400. The van der Waals surface area contributed by atoms with Gasteiger partial charge in [-0.05, 0) is 41.4 Å². The molecule has 1 aliphatic rings. The van der Waals surface area contributed by atoms with Crippen molar-refractivity contribution in [3.05, 3.63) is 34.2 Å². The van der Waals surface area contributed by atoms with Gasteiger partial charge >= 0.3 is 0 Å². The molecule has 2 aromatic rings. The summed E-state index contributed by atoms with van der Waals surface area (Å²) in [4.78, 5) is 4.69. The van der Waals surface area contributed by atoms with Crippen molar-refractivity contribution in [2.24, 2.45) is 5.73 Å². The average Bonchev–Trinajstić information content (AvgIpc) is 2.75. The molecule has 1 aliphatic heterocycles. The van der Waals surface area contributed by atoms with Gasteiger partial charge in [0.25, 0.3) is 0 Å². The molecule has 0 amide bonds. The van der Waals surface area contributed by atoms with Gasteiger partial charge in [-0.3, -0.25) is 0 Å². The summed E-state index contributed by atoms with van der Waals surface area (Å²) < 4.78 is 8.57. The van der Waals surface area contributed by atoms with Gasteiger partial charge in [0, 0.05) is 30.3 Å². The van der Waals surface area contributed by atoms with Crippen LogP contribution >= 0.6 is 15.9 Å². The van der Waals surface area contributed by atoms with E-state index in [0.29, 0.717) is 0 Å². The van der Waals surface area contributed by atoms with E-state index in [1.807, 2.05) is 12.1 Å². The van der Waals surface area contributed by atoms with Crippen molar-refractivity contribution in [3.63, 3.8) is 0 Å². The smallest absolute Gasteiger partial charge is 0.177 e. The topological polar surface area (TPSA) is 53.1 Å². The van der Waals surface area contributed by atoms with E-state index in [1.54, 1.807) is 7.11 Å². The number of hydrogen-bond acceptors (Lipinski definition) is 3.